The van der Waals surface area contributed by atoms with Crippen molar-refractivity contribution in [3.63, 3.8) is 0 Å². The summed E-state index contributed by atoms with van der Waals surface area (Å²) in [7, 11) is 0. The topological polar surface area (TPSA) is 11.3 Å². The van der Waals surface area contributed by atoms with Crippen LogP contribution in [0.3, 0.4) is 0 Å². The second-order valence-corrected chi connectivity index (χ2v) is 4.76. The van der Waals surface area contributed by atoms with E-state index in [0.29, 0.717) is 0 Å². The molecule has 18 heavy (non-hydrogen) atoms. The van der Waals surface area contributed by atoms with Crippen LogP contribution in [0.5, 0.6) is 0 Å². The smallest absolute Gasteiger partial charge is 0.212 e. The highest BCUT2D eigenvalue weighted by molar-refractivity contribution is 5.82. The SMILES string of the molecule is CCCc1c(C)[o+]c2ccc(F)cc2c1CCC. The Morgan fingerprint density at radius 3 is 2.39 bits per heavy atom. The monoisotopic (exact) mass is 247 g/mol. The zero-order valence-corrected chi connectivity index (χ0v) is 11.3. The Morgan fingerprint density at radius 2 is 1.72 bits per heavy atom. The van der Waals surface area contributed by atoms with E-state index in [1.54, 1.807) is 12.1 Å². The van der Waals surface area contributed by atoms with Crippen molar-refractivity contribution in [1.29, 1.82) is 0 Å². The highest BCUT2D eigenvalue weighted by atomic mass is 19.1. The van der Waals surface area contributed by atoms with Crippen LogP contribution < -0.4 is 0 Å². The summed E-state index contributed by atoms with van der Waals surface area (Å²) in [5.74, 6) is 0.778. The Hall–Kier alpha value is -1.44. The fourth-order valence-corrected chi connectivity index (χ4v) is 2.54. The van der Waals surface area contributed by atoms with Gasteiger partial charge in [0, 0.05) is 6.07 Å². The summed E-state index contributed by atoms with van der Waals surface area (Å²) < 4.78 is 19.3. The lowest BCUT2D eigenvalue weighted by Crippen LogP contribution is -1.99. The van der Waals surface area contributed by atoms with Crippen molar-refractivity contribution in [1.82, 2.24) is 0 Å². The summed E-state index contributed by atoms with van der Waals surface area (Å²) in [4.78, 5) is 0. The van der Waals surface area contributed by atoms with Crippen molar-refractivity contribution in [3.05, 3.63) is 40.9 Å². The van der Waals surface area contributed by atoms with Gasteiger partial charge in [-0.3, -0.25) is 0 Å². The molecule has 96 valence electrons. The molecule has 0 spiro atoms. The summed E-state index contributed by atoms with van der Waals surface area (Å²) in [6.45, 7) is 6.32. The molecule has 0 fully saturated rings. The minimum absolute atomic E-state index is 0.193. The molecule has 0 saturated heterocycles. The molecule has 0 atom stereocenters. The van der Waals surface area contributed by atoms with Crippen LogP contribution >= 0.6 is 0 Å². The molecule has 0 radical (unpaired) electrons. The quantitative estimate of drug-likeness (QED) is 0.687. The van der Waals surface area contributed by atoms with Crippen LogP contribution in [0.4, 0.5) is 4.39 Å². The Bertz CT molecular complexity index is 561. The number of benzene rings is 1. The first-order valence-corrected chi connectivity index (χ1v) is 6.71. The molecule has 0 saturated carbocycles. The van der Waals surface area contributed by atoms with Gasteiger partial charge in [0.05, 0.1) is 17.9 Å². The van der Waals surface area contributed by atoms with E-state index in [9.17, 15) is 4.39 Å². The molecule has 0 unspecified atom stereocenters. The summed E-state index contributed by atoms with van der Waals surface area (Å²) in [5, 5.41) is 0.936. The van der Waals surface area contributed by atoms with Crippen LogP contribution in [0.25, 0.3) is 11.0 Å². The molecule has 0 bridgehead atoms. The zero-order chi connectivity index (χ0) is 13.1. The number of fused-ring (bicyclic) bond motifs is 1. The van der Waals surface area contributed by atoms with Crippen molar-refractivity contribution < 1.29 is 8.81 Å². The Morgan fingerprint density at radius 1 is 1.06 bits per heavy atom. The van der Waals surface area contributed by atoms with Crippen molar-refractivity contribution in [2.24, 2.45) is 0 Å². The predicted octanol–water partition coefficient (Wildman–Crippen LogP) is 5.07. The fourth-order valence-electron chi connectivity index (χ4n) is 2.54. The van der Waals surface area contributed by atoms with E-state index in [1.165, 1.54) is 17.2 Å². The van der Waals surface area contributed by atoms with Gasteiger partial charge < -0.3 is 0 Å². The van der Waals surface area contributed by atoms with Crippen LogP contribution in [-0.2, 0) is 12.8 Å². The zero-order valence-electron chi connectivity index (χ0n) is 11.3. The first kappa shape index (κ1) is 13.0. The van der Waals surface area contributed by atoms with E-state index in [4.69, 9.17) is 4.42 Å². The Balaban J connectivity index is 2.73. The molecule has 0 N–H and O–H groups in total. The first-order chi connectivity index (χ1) is 8.67. The summed E-state index contributed by atoms with van der Waals surface area (Å²) in [6.07, 6.45) is 4.11. The summed E-state index contributed by atoms with van der Waals surface area (Å²) >= 11 is 0. The molecule has 1 aromatic heterocycles. The van der Waals surface area contributed by atoms with Crippen LogP contribution in [0.2, 0.25) is 0 Å². The minimum Gasteiger partial charge on any atom is -0.212 e. The first-order valence-electron chi connectivity index (χ1n) is 6.71. The van der Waals surface area contributed by atoms with Crippen LogP contribution in [0.1, 0.15) is 43.6 Å². The van der Waals surface area contributed by atoms with E-state index in [1.807, 2.05) is 6.92 Å². The molecular formula is C16H20FO+. The van der Waals surface area contributed by atoms with Gasteiger partial charge in [-0.05, 0) is 30.5 Å². The Labute approximate surface area is 108 Å². The van der Waals surface area contributed by atoms with E-state index in [-0.39, 0.29) is 5.82 Å². The van der Waals surface area contributed by atoms with Gasteiger partial charge in [0.1, 0.15) is 5.82 Å². The summed E-state index contributed by atoms with van der Waals surface area (Å²) in [6, 6.07) is 4.79. The highest BCUT2D eigenvalue weighted by Crippen LogP contribution is 2.28. The maximum Gasteiger partial charge on any atom is 0.360 e. The average molecular weight is 247 g/mol. The predicted molar refractivity (Wildman–Crippen MR) is 73.3 cm³/mol. The number of aryl methyl sites for hydroxylation is 2. The van der Waals surface area contributed by atoms with Gasteiger partial charge in [-0.1, -0.05) is 26.7 Å². The molecule has 1 heterocycles. The van der Waals surface area contributed by atoms with E-state index >= 15 is 0 Å². The molecule has 0 aliphatic carbocycles. The number of hydrogen-bond donors (Lipinski definition) is 0. The van der Waals surface area contributed by atoms with Gasteiger partial charge in [-0.2, -0.15) is 0 Å². The van der Waals surface area contributed by atoms with E-state index in [0.717, 1.165) is 42.4 Å². The number of rotatable bonds is 4. The van der Waals surface area contributed by atoms with Crippen molar-refractivity contribution in [2.45, 2.75) is 46.5 Å². The van der Waals surface area contributed by atoms with Crippen molar-refractivity contribution in [2.75, 3.05) is 0 Å². The van der Waals surface area contributed by atoms with Gasteiger partial charge >= 0.3 is 11.3 Å². The number of halogens is 1. The molecule has 1 nitrogen and oxygen atoms in total. The molecule has 0 aliphatic heterocycles. The van der Waals surface area contributed by atoms with Crippen molar-refractivity contribution >= 4 is 11.0 Å². The molecule has 0 aliphatic rings. The van der Waals surface area contributed by atoms with E-state index in [2.05, 4.69) is 13.8 Å². The van der Waals surface area contributed by atoms with Gasteiger partial charge in [-0.25, -0.2) is 8.81 Å². The lowest BCUT2D eigenvalue weighted by molar-refractivity contribution is 0.548. The average Bonchev–Trinajstić information content (AvgIpc) is 2.35. The maximum atomic E-state index is 13.4. The fraction of sp³-hybridized carbons (Fsp3) is 0.438. The van der Waals surface area contributed by atoms with Crippen LogP contribution in [-0.4, -0.2) is 0 Å². The van der Waals surface area contributed by atoms with Gasteiger partial charge in [-0.15, -0.1) is 0 Å². The van der Waals surface area contributed by atoms with Crippen molar-refractivity contribution in [3.8, 4) is 0 Å². The molecule has 2 heteroatoms. The maximum absolute atomic E-state index is 13.4. The minimum atomic E-state index is -0.193. The highest BCUT2D eigenvalue weighted by Gasteiger charge is 2.21. The molecule has 2 aromatic rings. The number of hydrogen-bond acceptors (Lipinski definition) is 0. The summed E-state index contributed by atoms with van der Waals surface area (Å²) in [5.41, 5.74) is 3.31. The van der Waals surface area contributed by atoms with Gasteiger partial charge in [0.2, 0.25) is 0 Å². The Kier molecular flexibility index (Phi) is 3.95. The normalized spacial score (nSPS) is 11.1. The second-order valence-electron chi connectivity index (χ2n) is 4.76. The molecule has 0 amide bonds. The third kappa shape index (κ3) is 2.38. The largest absolute Gasteiger partial charge is 0.360 e. The molecule has 2 rings (SSSR count). The van der Waals surface area contributed by atoms with Crippen LogP contribution in [0.15, 0.2) is 22.6 Å². The lowest BCUT2D eigenvalue weighted by Gasteiger charge is -2.07. The van der Waals surface area contributed by atoms with Gasteiger partial charge in [0.25, 0.3) is 0 Å². The molecule has 1 aromatic carbocycles. The van der Waals surface area contributed by atoms with Gasteiger partial charge in [0.15, 0.2) is 0 Å². The standard InChI is InChI=1S/C16H20FO/c1-4-6-13-11(3)18-16-9-8-12(17)10-15(16)14(13)7-5-2/h8-10H,4-7H2,1-3H3/q+1. The molecular weight excluding hydrogens is 227 g/mol. The third-order valence-electron chi connectivity index (χ3n) is 3.32. The third-order valence-corrected chi connectivity index (χ3v) is 3.32. The van der Waals surface area contributed by atoms with E-state index < -0.39 is 0 Å². The van der Waals surface area contributed by atoms with Crippen LogP contribution in [0, 0.1) is 12.7 Å². The second kappa shape index (κ2) is 5.47. The lowest BCUT2D eigenvalue weighted by atomic mass is 9.95.